The van der Waals surface area contributed by atoms with E-state index in [1.54, 1.807) is 0 Å². The van der Waals surface area contributed by atoms with Gasteiger partial charge in [0.25, 0.3) is 0 Å². The van der Waals surface area contributed by atoms with Gasteiger partial charge < -0.3 is 0 Å². The van der Waals surface area contributed by atoms with E-state index >= 15 is 0 Å². The number of hydrogen-bond donors (Lipinski definition) is 0. The summed E-state index contributed by atoms with van der Waals surface area (Å²) in [5, 5.41) is 0. The van der Waals surface area contributed by atoms with Gasteiger partial charge in [-0.1, -0.05) is 52.9 Å². The van der Waals surface area contributed by atoms with E-state index in [0.29, 0.717) is 0 Å². The van der Waals surface area contributed by atoms with Crippen LogP contribution < -0.4 is 0 Å². The maximum absolute atomic E-state index is 2.46. The van der Waals surface area contributed by atoms with Crippen LogP contribution in [-0.2, 0) is 0 Å². The maximum atomic E-state index is 2.46. The van der Waals surface area contributed by atoms with Crippen LogP contribution in [0.4, 0.5) is 0 Å². The van der Waals surface area contributed by atoms with Crippen LogP contribution in [0.15, 0.2) is 0 Å². The Morgan fingerprint density at radius 3 is 2.58 bits per heavy atom. The zero-order valence-electron chi connectivity index (χ0n) is 8.97. The molecule has 0 aromatic carbocycles. The van der Waals surface area contributed by atoms with Gasteiger partial charge in [-0.25, -0.2) is 0 Å². The van der Waals surface area contributed by atoms with Crippen LogP contribution in [0.25, 0.3) is 0 Å². The van der Waals surface area contributed by atoms with Crippen molar-refractivity contribution in [2.24, 2.45) is 17.8 Å². The fraction of sp³-hybridized carbons (Fsp3) is 1.00. The Morgan fingerprint density at radius 2 is 1.92 bits per heavy atom. The molecule has 12 heavy (non-hydrogen) atoms. The molecule has 0 N–H and O–H groups in total. The molecule has 0 nitrogen and oxygen atoms in total. The van der Waals surface area contributed by atoms with E-state index in [9.17, 15) is 0 Å². The average Bonchev–Trinajstić information content (AvgIpc) is 2.16. The third-order valence-corrected chi connectivity index (χ3v) is 3.53. The third kappa shape index (κ3) is 2.80. The van der Waals surface area contributed by atoms with Gasteiger partial charge >= 0.3 is 0 Å². The van der Waals surface area contributed by atoms with Gasteiger partial charge in [-0.3, -0.25) is 0 Å². The molecule has 0 aliphatic heterocycles. The normalized spacial score (nSPS) is 37.8. The van der Waals surface area contributed by atoms with E-state index in [0.717, 1.165) is 17.8 Å². The molecule has 1 fully saturated rings. The predicted molar refractivity (Wildman–Crippen MR) is 55.2 cm³/mol. The first-order valence-electron chi connectivity index (χ1n) is 5.74. The van der Waals surface area contributed by atoms with Crippen LogP contribution in [0.5, 0.6) is 0 Å². The van der Waals surface area contributed by atoms with Gasteiger partial charge in [0.1, 0.15) is 0 Å². The molecule has 1 saturated carbocycles. The molecule has 1 aliphatic carbocycles. The van der Waals surface area contributed by atoms with Crippen LogP contribution in [0.2, 0.25) is 0 Å². The lowest BCUT2D eigenvalue weighted by Gasteiger charge is -2.22. The van der Waals surface area contributed by atoms with E-state index in [1.165, 1.54) is 38.5 Å². The van der Waals surface area contributed by atoms with Crippen molar-refractivity contribution >= 4 is 0 Å². The summed E-state index contributed by atoms with van der Waals surface area (Å²) >= 11 is 0. The van der Waals surface area contributed by atoms with Gasteiger partial charge in [0.2, 0.25) is 0 Å². The molecule has 3 unspecified atom stereocenters. The summed E-state index contributed by atoms with van der Waals surface area (Å²) in [6, 6.07) is 0. The maximum Gasteiger partial charge on any atom is -0.0386 e. The predicted octanol–water partition coefficient (Wildman–Crippen LogP) is 4.25. The SMILES string of the molecule is CCCC1CC(C)CCCC1C. The first-order chi connectivity index (χ1) is 5.74. The highest BCUT2D eigenvalue weighted by atomic mass is 14.3. The molecule has 1 aliphatic rings. The van der Waals surface area contributed by atoms with E-state index in [2.05, 4.69) is 20.8 Å². The zero-order chi connectivity index (χ0) is 8.97. The lowest BCUT2D eigenvalue weighted by atomic mass is 9.84. The molecule has 0 bridgehead atoms. The Bertz CT molecular complexity index is 117. The molecule has 1 rings (SSSR count). The second-order valence-corrected chi connectivity index (χ2v) is 4.80. The standard InChI is InChI=1S/C12H24/c1-4-6-12-9-10(2)7-5-8-11(12)3/h10-12H,4-9H2,1-3H3. The van der Waals surface area contributed by atoms with Crippen molar-refractivity contribution in [3.63, 3.8) is 0 Å². The summed E-state index contributed by atoms with van der Waals surface area (Å²) in [4.78, 5) is 0. The molecular weight excluding hydrogens is 144 g/mol. The second-order valence-electron chi connectivity index (χ2n) is 4.80. The van der Waals surface area contributed by atoms with E-state index in [-0.39, 0.29) is 0 Å². The largest absolute Gasteiger partial charge is 0.0654 e. The van der Waals surface area contributed by atoms with Crippen LogP contribution in [-0.4, -0.2) is 0 Å². The van der Waals surface area contributed by atoms with Crippen molar-refractivity contribution in [3.8, 4) is 0 Å². The number of hydrogen-bond acceptors (Lipinski definition) is 0. The van der Waals surface area contributed by atoms with Gasteiger partial charge in [-0.05, 0) is 24.2 Å². The van der Waals surface area contributed by atoms with E-state index in [1.807, 2.05) is 0 Å². The minimum absolute atomic E-state index is 0.992. The number of rotatable bonds is 2. The third-order valence-electron chi connectivity index (χ3n) is 3.53. The summed E-state index contributed by atoms with van der Waals surface area (Å²) in [5.74, 6) is 3.02. The molecule has 0 radical (unpaired) electrons. The highest BCUT2D eigenvalue weighted by molar-refractivity contribution is 4.73. The van der Waals surface area contributed by atoms with Crippen molar-refractivity contribution in [1.82, 2.24) is 0 Å². The van der Waals surface area contributed by atoms with Crippen LogP contribution >= 0.6 is 0 Å². The molecule has 0 heterocycles. The van der Waals surface area contributed by atoms with Crippen molar-refractivity contribution in [2.75, 3.05) is 0 Å². The fourth-order valence-corrected chi connectivity index (χ4v) is 2.66. The first-order valence-corrected chi connectivity index (χ1v) is 5.74. The molecule has 3 atom stereocenters. The van der Waals surface area contributed by atoms with Crippen LogP contribution in [0.1, 0.15) is 59.3 Å². The summed E-state index contributed by atoms with van der Waals surface area (Å²) < 4.78 is 0. The fourth-order valence-electron chi connectivity index (χ4n) is 2.66. The first kappa shape index (κ1) is 10.1. The Balaban J connectivity index is 2.42. The summed E-state index contributed by atoms with van der Waals surface area (Å²) in [6.07, 6.45) is 8.77. The minimum atomic E-state index is 0.992. The van der Waals surface area contributed by atoms with E-state index < -0.39 is 0 Å². The van der Waals surface area contributed by atoms with Crippen molar-refractivity contribution in [2.45, 2.75) is 59.3 Å². The average molecular weight is 168 g/mol. The zero-order valence-corrected chi connectivity index (χ0v) is 8.97. The summed E-state index contributed by atoms with van der Waals surface area (Å²) in [6.45, 7) is 7.21. The topological polar surface area (TPSA) is 0 Å². The van der Waals surface area contributed by atoms with Gasteiger partial charge in [0, 0.05) is 0 Å². The van der Waals surface area contributed by atoms with Crippen molar-refractivity contribution in [3.05, 3.63) is 0 Å². The van der Waals surface area contributed by atoms with Crippen LogP contribution in [0.3, 0.4) is 0 Å². The van der Waals surface area contributed by atoms with Gasteiger partial charge in [-0.15, -0.1) is 0 Å². The Hall–Kier alpha value is 0. The van der Waals surface area contributed by atoms with Gasteiger partial charge in [0.15, 0.2) is 0 Å². The molecule has 0 aromatic rings. The van der Waals surface area contributed by atoms with Gasteiger partial charge in [-0.2, -0.15) is 0 Å². The van der Waals surface area contributed by atoms with Crippen LogP contribution in [0, 0.1) is 17.8 Å². The molecule has 0 heteroatoms. The molecule has 0 saturated heterocycles. The highest BCUT2D eigenvalue weighted by Gasteiger charge is 2.22. The monoisotopic (exact) mass is 168 g/mol. The van der Waals surface area contributed by atoms with Crippen molar-refractivity contribution < 1.29 is 0 Å². The van der Waals surface area contributed by atoms with Crippen molar-refractivity contribution in [1.29, 1.82) is 0 Å². The molecule has 0 amide bonds. The van der Waals surface area contributed by atoms with E-state index in [4.69, 9.17) is 0 Å². The smallest absolute Gasteiger partial charge is 0.0386 e. The molecule has 0 spiro atoms. The molecule has 72 valence electrons. The Morgan fingerprint density at radius 1 is 1.17 bits per heavy atom. The Labute approximate surface area is 77.7 Å². The lowest BCUT2D eigenvalue weighted by Crippen LogP contribution is -2.11. The minimum Gasteiger partial charge on any atom is -0.0654 e. The Kier molecular flexibility index (Phi) is 4.11. The highest BCUT2D eigenvalue weighted by Crippen LogP contribution is 2.34. The quantitative estimate of drug-likeness (QED) is 0.541. The second kappa shape index (κ2) is 4.89. The summed E-state index contributed by atoms with van der Waals surface area (Å²) in [5.41, 5.74) is 0. The van der Waals surface area contributed by atoms with Gasteiger partial charge in [0.05, 0.1) is 0 Å². The molecule has 0 aromatic heterocycles. The summed E-state index contributed by atoms with van der Waals surface area (Å²) in [7, 11) is 0. The lowest BCUT2D eigenvalue weighted by molar-refractivity contribution is 0.292. The molecular formula is C12H24.